The molecule has 1 heterocycles. The van der Waals surface area contributed by atoms with E-state index in [1.807, 2.05) is 29.2 Å². The van der Waals surface area contributed by atoms with E-state index in [9.17, 15) is 14.4 Å². The predicted molar refractivity (Wildman–Crippen MR) is 185 cm³/mol. The van der Waals surface area contributed by atoms with Crippen molar-refractivity contribution in [1.29, 1.82) is 0 Å². The molecule has 1 aliphatic heterocycles. The van der Waals surface area contributed by atoms with Gasteiger partial charge in [-0.3, -0.25) is 0 Å². The maximum Gasteiger partial charge on any atom is 0.409 e. The monoisotopic (exact) mass is 680 g/mol. The Balaban J connectivity index is 1.74. The molecule has 1 aromatic carbocycles. The standard InChI is InChI=1S/C34H57ClN4O6Si/c1-6-30(38(2)34(43)45-20-21-46(3,4)5)29(22-25-12-8-7-9-13-25)37-32(40)39-18-11-15-27(24-39)31(44-19-17-36-33(41)42)26-14-10-16-28(35)23-26/h10,14,16,23,25,27,29-31,36H,6-9,11-13,15,17-22,24H2,1-5H3,(H,37,40)(H,41,42)/t27-,29+,30-,31+/m1/s1. The summed E-state index contributed by atoms with van der Waals surface area (Å²) < 4.78 is 12.0. The summed E-state index contributed by atoms with van der Waals surface area (Å²) in [5.74, 6) is 0.518. The number of rotatable bonds is 15. The molecule has 1 aliphatic carbocycles. The number of carboxylic acid groups (broad SMARTS) is 1. The van der Waals surface area contributed by atoms with Crippen molar-refractivity contribution < 1.29 is 29.0 Å². The van der Waals surface area contributed by atoms with Crippen LogP contribution in [0, 0.1) is 11.8 Å². The number of amides is 4. The fourth-order valence-electron chi connectivity index (χ4n) is 6.83. The third-order valence-corrected chi connectivity index (χ3v) is 11.3. The van der Waals surface area contributed by atoms with Gasteiger partial charge in [-0.25, -0.2) is 14.4 Å². The van der Waals surface area contributed by atoms with Crippen molar-refractivity contribution >= 4 is 37.9 Å². The molecule has 0 spiro atoms. The second-order valence-corrected chi connectivity index (χ2v) is 20.3. The lowest BCUT2D eigenvalue weighted by atomic mass is 9.82. The van der Waals surface area contributed by atoms with Crippen molar-refractivity contribution in [2.24, 2.45) is 11.8 Å². The highest BCUT2D eigenvalue weighted by Gasteiger charge is 2.35. The fraction of sp³-hybridized carbons (Fsp3) is 0.735. The topological polar surface area (TPSA) is 120 Å². The van der Waals surface area contributed by atoms with E-state index in [2.05, 4.69) is 37.2 Å². The highest BCUT2D eigenvalue weighted by molar-refractivity contribution is 6.76. The fourth-order valence-corrected chi connectivity index (χ4v) is 7.74. The number of nitrogens with zero attached hydrogens (tertiary/aromatic N) is 2. The van der Waals surface area contributed by atoms with E-state index in [4.69, 9.17) is 26.2 Å². The predicted octanol–water partition coefficient (Wildman–Crippen LogP) is 7.61. The summed E-state index contributed by atoms with van der Waals surface area (Å²) in [6.45, 7) is 10.8. The van der Waals surface area contributed by atoms with Crippen LogP contribution in [-0.2, 0) is 9.47 Å². The van der Waals surface area contributed by atoms with Crippen molar-refractivity contribution in [3.63, 3.8) is 0 Å². The summed E-state index contributed by atoms with van der Waals surface area (Å²) in [5.41, 5.74) is 0.908. The number of hydrogen-bond acceptors (Lipinski definition) is 5. The third-order valence-electron chi connectivity index (χ3n) is 9.39. The Labute approximate surface area is 281 Å². The summed E-state index contributed by atoms with van der Waals surface area (Å²) in [4.78, 5) is 41.7. The molecule has 2 aliphatic rings. The van der Waals surface area contributed by atoms with E-state index in [0.29, 0.717) is 37.1 Å². The molecule has 1 saturated heterocycles. The van der Waals surface area contributed by atoms with Gasteiger partial charge in [-0.2, -0.15) is 0 Å². The molecule has 0 aromatic heterocycles. The summed E-state index contributed by atoms with van der Waals surface area (Å²) in [6.07, 6.45) is 7.41. The van der Waals surface area contributed by atoms with E-state index in [1.54, 1.807) is 11.9 Å². The van der Waals surface area contributed by atoms with Crippen LogP contribution in [0.4, 0.5) is 14.4 Å². The molecule has 10 nitrogen and oxygen atoms in total. The quantitative estimate of drug-likeness (QED) is 0.130. The zero-order valence-electron chi connectivity index (χ0n) is 28.6. The smallest absolute Gasteiger partial charge is 0.409 e. The van der Waals surface area contributed by atoms with Crippen LogP contribution in [0.2, 0.25) is 30.7 Å². The van der Waals surface area contributed by atoms with Crippen LogP contribution < -0.4 is 10.6 Å². The minimum absolute atomic E-state index is 0.00517. The lowest BCUT2D eigenvalue weighted by Crippen LogP contribution is -2.56. The highest BCUT2D eigenvalue weighted by atomic mass is 35.5. The Morgan fingerprint density at radius 3 is 2.50 bits per heavy atom. The maximum atomic E-state index is 14.0. The number of halogens is 1. The van der Waals surface area contributed by atoms with Gasteiger partial charge in [-0.15, -0.1) is 0 Å². The number of likely N-dealkylation sites (N-methyl/N-ethyl adjacent to an activating group) is 1. The number of likely N-dealkylation sites (tertiary alicyclic amines) is 1. The van der Waals surface area contributed by atoms with Crippen LogP contribution in [-0.4, -0.2) is 93.2 Å². The second kappa shape index (κ2) is 18.7. The number of nitrogens with one attached hydrogen (secondary N) is 2. The first-order valence-corrected chi connectivity index (χ1v) is 21.2. The van der Waals surface area contributed by atoms with Crippen LogP contribution in [0.1, 0.15) is 76.4 Å². The van der Waals surface area contributed by atoms with E-state index < -0.39 is 14.2 Å². The SMILES string of the molecule is CC[C@H]([C@H](CC1CCCCC1)NC(=O)N1CCC[C@@H]([C@@H](OCCNC(=O)O)c2cccc(Cl)c2)C1)N(C)C(=O)OCC[Si](C)(C)C. The minimum Gasteiger partial charge on any atom is -0.465 e. The Kier molecular flexibility index (Phi) is 15.5. The van der Waals surface area contributed by atoms with Crippen LogP contribution >= 0.6 is 11.6 Å². The van der Waals surface area contributed by atoms with Crippen LogP contribution in [0.15, 0.2) is 24.3 Å². The minimum atomic E-state index is -1.34. The first kappa shape index (κ1) is 37.9. The molecule has 0 bridgehead atoms. The number of benzene rings is 1. The molecule has 46 heavy (non-hydrogen) atoms. The molecule has 3 rings (SSSR count). The van der Waals surface area contributed by atoms with Crippen LogP contribution in [0.5, 0.6) is 0 Å². The van der Waals surface area contributed by atoms with Gasteiger partial charge in [0.05, 0.1) is 31.4 Å². The molecule has 260 valence electrons. The molecular formula is C34H57ClN4O6Si. The average Bonchev–Trinajstić information content (AvgIpc) is 3.01. The van der Waals surface area contributed by atoms with E-state index in [1.165, 1.54) is 19.3 Å². The van der Waals surface area contributed by atoms with Crippen molar-refractivity contribution in [3.05, 3.63) is 34.9 Å². The van der Waals surface area contributed by atoms with E-state index in [0.717, 1.165) is 43.7 Å². The van der Waals surface area contributed by atoms with Gasteiger partial charge >= 0.3 is 18.2 Å². The van der Waals surface area contributed by atoms with Gasteiger partial charge in [0.1, 0.15) is 0 Å². The lowest BCUT2D eigenvalue weighted by Gasteiger charge is -2.40. The molecular weight excluding hydrogens is 624 g/mol. The normalized spacial score (nSPS) is 19.5. The second-order valence-electron chi connectivity index (χ2n) is 14.2. The number of carbonyl (C=O) groups is 3. The van der Waals surface area contributed by atoms with Gasteiger partial charge < -0.3 is 35.0 Å². The Hall–Kier alpha value is -2.50. The van der Waals surface area contributed by atoms with Crippen molar-refractivity contribution in [2.75, 3.05) is 39.9 Å². The molecule has 0 radical (unpaired) electrons. The summed E-state index contributed by atoms with van der Waals surface area (Å²) >= 11 is 6.33. The van der Waals surface area contributed by atoms with Gasteiger partial charge in [0, 0.05) is 45.7 Å². The van der Waals surface area contributed by atoms with Gasteiger partial charge in [0.25, 0.3) is 0 Å². The van der Waals surface area contributed by atoms with E-state index >= 15 is 0 Å². The van der Waals surface area contributed by atoms with Gasteiger partial charge in [0.15, 0.2) is 0 Å². The molecule has 4 amide bonds. The van der Waals surface area contributed by atoms with Crippen molar-refractivity contribution in [3.8, 4) is 0 Å². The van der Waals surface area contributed by atoms with Crippen LogP contribution in [0.25, 0.3) is 0 Å². The Morgan fingerprint density at radius 2 is 1.85 bits per heavy atom. The summed E-state index contributed by atoms with van der Waals surface area (Å²) in [7, 11) is 0.460. The van der Waals surface area contributed by atoms with Crippen molar-refractivity contribution in [2.45, 2.75) is 109 Å². The number of hydrogen-bond donors (Lipinski definition) is 3. The first-order chi connectivity index (χ1) is 21.9. The molecule has 0 unspecified atom stereocenters. The summed E-state index contributed by atoms with van der Waals surface area (Å²) in [6, 6.07) is 7.94. The number of urea groups is 1. The maximum absolute atomic E-state index is 14.0. The number of carbonyl (C=O) groups excluding carboxylic acids is 2. The van der Waals surface area contributed by atoms with Gasteiger partial charge in [-0.05, 0) is 55.3 Å². The molecule has 1 aromatic rings. The third kappa shape index (κ3) is 12.6. The lowest BCUT2D eigenvalue weighted by molar-refractivity contribution is -0.00873. The molecule has 12 heteroatoms. The zero-order valence-corrected chi connectivity index (χ0v) is 30.3. The molecule has 3 N–H and O–H groups in total. The van der Waals surface area contributed by atoms with Gasteiger partial charge in [0.2, 0.25) is 0 Å². The average molecular weight is 681 g/mol. The largest absolute Gasteiger partial charge is 0.465 e. The molecule has 2 fully saturated rings. The van der Waals surface area contributed by atoms with E-state index in [-0.39, 0.29) is 49.4 Å². The molecule has 4 atom stereocenters. The highest BCUT2D eigenvalue weighted by Crippen LogP contribution is 2.34. The molecule has 1 saturated carbocycles. The first-order valence-electron chi connectivity index (χ1n) is 17.2. The number of ether oxygens (including phenoxy) is 2. The van der Waals surface area contributed by atoms with Gasteiger partial charge in [-0.1, -0.05) is 82.4 Å². The van der Waals surface area contributed by atoms with Crippen LogP contribution in [0.3, 0.4) is 0 Å². The number of piperidine rings is 1. The Bertz CT molecular complexity index is 1120. The summed E-state index contributed by atoms with van der Waals surface area (Å²) in [5, 5.41) is 15.3. The Morgan fingerprint density at radius 1 is 1.11 bits per heavy atom. The zero-order chi connectivity index (χ0) is 33.7. The van der Waals surface area contributed by atoms with Crippen molar-refractivity contribution in [1.82, 2.24) is 20.4 Å².